The van der Waals surface area contributed by atoms with Gasteiger partial charge < -0.3 is 9.84 Å². The van der Waals surface area contributed by atoms with E-state index in [2.05, 4.69) is 0 Å². The van der Waals surface area contributed by atoms with Gasteiger partial charge in [0.25, 0.3) is 0 Å². The molecule has 0 saturated heterocycles. The Balaban J connectivity index is 1.93. The van der Waals surface area contributed by atoms with Crippen LogP contribution in [0, 0.1) is 5.82 Å². The molecule has 0 saturated carbocycles. The number of ether oxygens (including phenoxy) is 1. The van der Waals surface area contributed by atoms with Gasteiger partial charge >= 0.3 is 0 Å². The first kappa shape index (κ1) is 12.3. The molecule has 0 aromatic heterocycles. The monoisotopic (exact) mass is 244 g/mol. The van der Waals surface area contributed by atoms with Gasteiger partial charge in [-0.3, -0.25) is 0 Å². The molecule has 2 aromatic rings. The maximum Gasteiger partial charge on any atom is 0.126 e. The Bertz CT molecular complexity index is 506. The highest BCUT2D eigenvalue weighted by Gasteiger charge is 2.01. The fraction of sp³-hybridized carbons (Fsp3) is 0.0667. The average Bonchev–Trinajstić information content (AvgIpc) is 2.42. The number of benzene rings is 2. The lowest BCUT2D eigenvalue weighted by Gasteiger charge is -2.05. The van der Waals surface area contributed by atoms with E-state index >= 15 is 0 Å². The van der Waals surface area contributed by atoms with Crippen LogP contribution in [-0.4, -0.2) is 5.11 Å². The fourth-order valence-corrected chi connectivity index (χ4v) is 1.47. The van der Waals surface area contributed by atoms with Crippen molar-refractivity contribution in [2.75, 3.05) is 0 Å². The Morgan fingerprint density at radius 1 is 1.00 bits per heavy atom. The van der Waals surface area contributed by atoms with E-state index in [1.165, 1.54) is 36.6 Å². The van der Waals surface area contributed by atoms with E-state index in [0.717, 1.165) is 5.56 Å². The summed E-state index contributed by atoms with van der Waals surface area (Å²) in [6.07, 6.45) is 2.20. The molecule has 0 aliphatic rings. The molecule has 0 heterocycles. The number of aliphatic hydroxyl groups is 1. The first-order valence-corrected chi connectivity index (χ1v) is 5.57. The molecule has 0 spiro atoms. The molecule has 0 aliphatic heterocycles. The van der Waals surface area contributed by atoms with E-state index in [1.54, 1.807) is 0 Å². The maximum atomic E-state index is 12.6. The van der Waals surface area contributed by atoms with Gasteiger partial charge in [-0.1, -0.05) is 30.3 Å². The molecule has 0 aliphatic carbocycles. The SMILES string of the molecule is OC(/C=C/Oc1ccc(F)cc1)c1ccccc1. The van der Waals surface area contributed by atoms with Gasteiger partial charge in [0, 0.05) is 0 Å². The molecule has 92 valence electrons. The van der Waals surface area contributed by atoms with Crippen LogP contribution in [0.3, 0.4) is 0 Å². The summed E-state index contributed by atoms with van der Waals surface area (Å²) in [6, 6.07) is 14.9. The number of hydrogen-bond acceptors (Lipinski definition) is 2. The van der Waals surface area contributed by atoms with Crippen molar-refractivity contribution in [1.82, 2.24) is 0 Å². The first-order chi connectivity index (χ1) is 8.75. The minimum Gasteiger partial charge on any atom is -0.465 e. The Labute approximate surface area is 105 Å². The number of hydrogen-bond donors (Lipinski definition) is 1. The summed E-state index contributed by atoms with van der Waals surface area (Å²) in [5.41, 5.74) is 0.788. The summed E-state index contributed by atoms with van der Waals surface area (Å²) in [6.45, 7) is 0. The second-order valence-electron chi connectivity index (χ2n) is 3.76. The number of halogens is 1. The van der Waals surface area contributed by atoms with Crippen LogP contribution in [0.1, 0.15) is 11.7 Å². The molecule has 2 rings (SSSR count). The molecule has 0 fully saturated rings. The zero-order chi connectivity index (χ0) is 12.8. The van der Waals surface area contributed by atoms with Crippen LogP contribution in [0.15, 0.2) is 66.9 Å². The highest BCUT2D eigenvalue weighted by Crippen LogP contribution is 2.15. The van der Waals surface area contributed by atoms with Crippen LogP contribution in [-0.2, 0) is 0 Å². The van der Waals surface area contributed by atoms with Crippen LogP contribution in [0.5, 0.6) is 5.75 Å². The van der Waals surface area contributed by atoms with Crippen molar-refractivity contribution < 1.29 is 14.2 Å². The van der Waals surface area contributed by atoms with E-state index in [1.807, 2.05) is 30.3 Å². The van der Waals surface area contributed by atoms with E-state index < -0.39 is 6.10 Å². The van der Waals surface area contributed by atoms with Crippen LogP contribution in [0.25, 0.3) is 0 Å². The van der Waals surface area contributed by atoms with Crippen molar-refractivity contribution in [3.8, 4) is 5.75 Å². The second kappa shape index (κ2) is 5.98. The predicted molar refractivity (Wildman–Crippen MR) is 67.6 cm³/mol. The minimum absolute atomic E-state index is 0.310. The molecular weight excluding hydrogens is 231 g/mol. The molecule has 0 radical (unpaired) electrons. The highest BCUT2D eigenvalue weighted by atomic mass is 19.1. The largest absolute Gasteiger partial charge is 0.465 e. The maximum absolute atomic E-state index is 12.6. The van der Waals surface area contributed by atoms with Crippen LogP contribution < -0.4 is 4.74 Å². The molecule has 0 bridgehead atoms. The van der Waals surface area contributed by atoms with E-state index in [4.69, 9.17) is 4.74 Å². The standard InChI is InChI=1S/C15H13FO2/c16-13-6-8-14(9-7-13)18-11-10-15(17)12-4-2-1-3-5-12/h1-11,15,17H/b11-10+. The van der Waals surface area contributed by atoms with Crippen molar-refractivity contribution in [1.29, 1.82) is 0 Å². The van der Waals surface area contributed by atoms with Gasteiger partial charge in [0.2, 0.25) is 0 Å². The lowest BCUT2D eigenvalue weighted by atomic mass is 10.1. The van der Waals surface area contributed by atoms with Crippen LogP contribution >= 0.6 is 0 Å². The molecule has 0 amide bonds. The van der Waals surface area contributed by atoms with Crippen molar-refractivity contribution in [3.63, 3.8) is 0 Å². The van der Waals surface area contributed by atoms with Gasteiger partial charge in [0.1, 0.15) is 17.7 Å². The predicted octanol–water partition coefficient (Wildman–Crippen LogP) is 3.45. The topological polar surface area (TPSA) is 29.5 Å². The summed E-state index contributed by atoms with van der Waals surface area (Å²) >= 11 is 0. The Morgan fingerprint density at radius 3 is 2.33 bits per heavy atom. The van der Waals surface area contributed by atoms with Gasteiger partial charge in [-0.2, -0.15) is 0 Å². The Kier molecular flexibility index (Phi) is 4.10. The summed E-state index contributed by atoms with van der Waals surface area (Å²) in [5, 5.41) is 9.82. The van der Waals surface area contributed by atoms with Gasteiger partial charge in [-0.15, -0.1) is 0 Å². The first-order valence-electron chi connectivity index (χ1n) is 5.57. The van der Waals surface area contributed by atoms with E-state index in [9.17, 15) is 9.50 Å². The molecule has 2 nitrogen and oxygen atoms in total. The van der Waals surface area contributed by atoms with Gasteiger partial charge in [0.15, 0.2) is 0 Å². The molecular formula is C15H13FO2. The van der Waals surface area contributed by atoms with E-state index in [0.29, 0.717) is 5.75 Å². The number of aliphatic hydroxyl groups excluding tert-OH is 1. The van der Waals surface area contributed by atoms with Gasteiger partial charge in [-0.05, 0) is 35.9 Å². The second-order valence-corrected chi connectivity index (χ2v) is 3.76. The third-order valence-corrected chi connectivity index (χ3v) is 2.42. The summed E-state index contributed by atoms with van der Waals surface area (Å²) in [4.78, 5) is 0. The molecule has 18 heavy (non-hydrogen) atoms. The van der Waals surface area contributed by atoms with Crippen molar-refractivity contribution >= 4 is 0 Å². The molecule has 1 unspecified atom stereocenters. The third kappa shape index (κ3) is 3.43. The molecule has 2 aromatic carbocycles. The summed E-state index contributed by atoms with van der Waals surface area (Å²) in [7, 11) is 0. The smallest absolute Gasteiger partial charge is 0.126 e. The van der Waals surface area contributed by atoms with E-state index in [-0.39, 0.29) is 5.82 Å². The third-order valence-electron chi connectivity index (χ3n) is 2.42. The molecule has 1 atom stereocenters. The lowest BCUT2D eigenvalue weighted by molar-refractivity contribution is 0.225. The van der Waals surface area contributed by atoms with Crippen LogP contribution in [0.2, 0.25) is 0 Å². The lowest BCUT2D eigenvalue weighted by Crippen LogP contribution is -1.93. The van der Waals surface area contributed by atoms with Crippen molar-refractivity contribution in [3.05, 3.63) is 78.3 Å². The Morgan fingerprint density at radius 2 is 1.67 bits per heavy atom. The van der Waals surface area contributed by atoms with Gasteiger partial charge in [0.05, 0.1) is 6.26 Å². The highest BCUT2D eigenvalue weighted by molar-refractivity contribution is 5.24. The quantitative estimate of drug-likeness (QED) is 0.835. The summed E-state index contributed by atoms with van der Waals surface area (Å²) < 4.78 is 17.9. The Hall–Kier alpha value is -2.13. The number of rotatable bonds is 4. The fourth-order valence-electron chi connectivity index (χ4n) is 1.47. The van der Waals surface area contributed by atoms with Crippen molar-refractivity contribution in [2.24, 2.45) is 0 Å². The molecule has 1 N–H and O–H groups in total. The van der Waals surface area contributed by atoms with Crippen LogP contribution in [0.4, 0.5) is 4.39 Å². The van der Waals surface area contributed by atoms with Gasteiger partial charge in [-0.25, -0.2) is 4.39 Å². The molecule has 3 heteroatoms. The average molecular weight is 244 g/mol. The zero-order valence-corrected chi connectivity index (χ0v) is 9.66. The van der Waals surface area contributed by atoms with Crippen molar-refractivity contribution in [2.45, 2.75) is 6.10 Å². The zero-order valence-electron chi connectivity index (χ0n) is 9.66. The summed E-state index contributed by atoms with van der Waals surface area (Å²) in [5.74, 6) is 0.212. The minimum atomic E-state index is -0.716. The normalized spacial score (nSPS) is 12.6.